The summed E-state index contributed by atoms with van der Waals surface area (Å²) in [6, 6.07) is 0. The Morgan fingerprint density at radius 3 is 0.901 bits per heavy atom. The van der Waals surface area contributed by atoms with Gasteiger partial charge in [-0.3, -0.25) is 14.4 Å². The molecule has 0 aromatic heterocycles. The third kappa shape index (κ3) is 56.9. The zero-order valence-electron chi connectivity index (χ0n) is 46.2. The van der Waals surface area contributed by atoms with Crippen LogP contribution in [0.3, 0.4) is 0 Å². The molecule has 0 radical (unpaired) electrons. The molecule has 0 aromatic rings. The summed E-state index contributed by atoms with van der Waals surface area (Å²) in [5.74, 6) is -0.935. The van der Waals surface area contributed by atoms with Crippen molar-refractivity contribution in [2.24, 2.45) is 0 Å². The van der Waals surface area contributed by atoms with Gasteiger partial charge in [-0.05, 0) is 128 Å². The first kappa shape index (κ1) is 67.1. The van der Waals surface area contributed by atoms with Crippen molar-refractivity contribution in [1.82, 2.24) is 0 Å². The molecule has 0 aliphatic carbocycles. The van der Waals surface area contributed by atoms with Gasteiger partial charge in [0.05, 0.1) is 0 Å². The molecule has 0 heterocycles. The van der Waals surface area contributed by atoms with Gasteiger partial charge in [-0.25, -0.2) is 0 Å². The molecule has 0 saturated heterocycles. The fraction of sp³-hybridized carbons (Fsp3) is 0.677. The summed E-state index contributed by atoms with van der Waals surface area (Å²) < 4.78 is 16.8. The van der Waals surface area contributed by atoms with E-state index in [-0.39, 0.29) is 31.1 Å². The second-order valence-electron chi connectivity index (χ2n) is 19.2. The average molecular weight is 986 g/mol. The largest absolute Gasteiger partial charge is 0.462 e. The Labute approximate surface area is 438 Å². The molecule has 0 N–H and O–H groups in total. The van der Waals surface area contributed by atoms with Crippen LogP contribution in [0, 0.1) is 0 Å². The molecular formula is C65H108O6. The number of esters is 3. The van der Waals surface area contributed by atoms with Crippen LogP contribution in [0.2, 0.25) is 0 Å². The number of carbonyl (C=O) groups excluding carboxylic acids is 3. The van der Waals surface area contributed by atoms with Crippen LogP contribution in [-0.4, -0.2) is 37.2 Å². The van der Waals surface area contributed by atoms with Crippen LogP contribution in [0.15, 0.2) is 109 Å². The highest BCUT2D eigenvalue weighted by Crippen LogP contribution is 2.14. The molecule has 404 valence electrons. The highest BCUT2D eigenvalue weighted by molar-refractivity contribution is 5.71. The smallest absolute Gasteiger partial charge is 0.306 e. The van der Waals surface area contributed by atoms with Crippen molar-refractivity contribution in [3.8, 4) is 0 Å². The van der Waals surface area contributed by atoms with E-state index >= 15 is 0 Å². The fourth-order valence-corrected chi connectivity index (χ4v) is 7.82. The topological polar surface area (TPSA) is 78.9 Å². The van der Waals surface area contributed by atoms with Gasteiger partial charge in [0.15, 0.2) is 6.10 Å². The van der Waals surface area contributed by atoms with Crippen LogP contribution >= 0.6 is 0 Å². The van der Waals surface area contributed by atoms with Gasteiger partial charge in [0.25, 0.3) is 0 Å². The second-order valence-corrected chi connectivity index (χ2v) is 19.2. The van der Waals surface area contributed by atoms with Crippen LogP contribution in [0.5, 0.6) is 0 Å². The Bertz CT molecular complexity index is 1460. The molecular weight excluding hydrogens is 877 g/mol. The van der Waals surface area contributed by atoms with Crippen LogP contribution in [0.1, 0.15) is 265 Å². The van der Waals surface area contributed by atoms with E-state index in [2.05, 4.69) is 130 Å². The summed E-state index contributed by atoms with van der Waals surface area (Å²) in [6.45, 7) is 6.45. The lowest BCUT2D eigenvalue weighted by molar-refractivity contribution is -0.167. The van der Waals surface area contributed by atoms with E-state index in [9.17, 15) is 14.4 Å². The molecule has 0 bridgehead atoms. The number of rotatable bonds is 52. The zero-order valence-corrected chi connectivity index (χ0v) is 46.2. The number of allylic oxidation sites excluding steroid dienone is 18. The molecule has 0 saturated carbocycles. The first-order chi connectivity index (χ1) is 35.0. The van der Waals surface area contributed by atoms with E-state index in [4.69, 9.17) is 14.2 Å². The predicted octanol–water partition coefficient (Wildman–Crippen LogP) is 19.9. The number of unbranched alkanes of at least 4 members (excludes halogenated alkanes) is 23. The molecule has 0 aromatic carbocycles. The SMILES string of the molecule is CC/C=C\C/C=C\C/C=C\C/C=C\C/C=C\C/C=C\CCCCCCC(=O)OCC(COC(=O)CCCCCCC/C=C\CCCCCC)OC(=O)CCCCCCCCC/C=C\C/C=C\CCCCC. The van der Waals surface area contributed by atoms with Gasteiger partial charge in [-0.2, -0.15) is 0 Å². The Morgan fingerprint density at radius 2 is 0.549 bits per heavy atom. The predicted molar refractivity (Wildman–Crippen MR) is 307 cm³/mol. The van der Waals surface area contributed by atoms with Crippen molar-refractivity contribution in [3.05, 3.63) is 109 Å². The van der Waals surface area contributed by atoms with E-state index in [0.29, 0.717) is 19.3 Å². The summed E-state index contributed by atoms with van der Waals surface area (Å²) in [7, 11) is 0. The van der Waals surface area contributed by atoms with Gasteiger partial charge in [0.2, 0.25) is 0 Å². The van der Waals surface area contributed by atoms with Gasteiger partial charge in [-0.1, -0.05) is 226 Å². The maximum absolute atomic E-state index is 12.9. The molecule has 0 spiro atoms. The van der Waals surface area contributed by atoms with E-state index in [1.807, 2.05) is 0 Å². The molecule has 0 aliphatic heterocycles. The van der Waals surface area contributed by atoms with Crippen molar-refractivity contribution in [2.45, 2.75) is 271 Å². The summed E-state index contributed by atoms with van der Waals surface area (Å²) in [5, 5.41) is 0. The fourth-order valence-electron chi connectivity index (χ4n) is 7.82. The lowest BCUT2D eigenvalue weighted by Crippen LogP contribution is -2.30. The number of ether oxygens (including phenoxy) is 3. The normalized spacial score (nSPS) is 12.9. The van der Waals surface area contributed by atoms with Gasteiger partial charge in [0, 0.05) is 19.3 Å². The van der Waals surface area contributed by atoms with Gasteiger partial charge in [0.1, 0.15) is 13.2 Å². The Hall–Kier alpha value is -3.93. The van der Waals surface area contributed by atoms with E-state index in [0.717, 1.165) is 128 Å². The Kier molecular flexibility index (Phi) is 55.4. The lowest BCUT2D eigenvalue weighted by atomic mass is 10.1. The van der Waals surface area contributed by atoms with Crippen LogP contribution in [0.4, 0.5) is 0 Å². The van der Waals surface area contributed by atoms with Crippen molar-refractivity contribution >= 4 is 17.9 Å². The zero-order chi connectivity index (χ0) is 51.4. The molecule has 71 heavy (non-hydrogen) atoms. The number of hydrogen-bond acceptors (Lipinski definition) is 6. The molecule has 6 nitrogen and oxygen atoms in total. The third-order valence-electron chi connectivity index (χ3n) is 12.2. The first-order valence-electron chi connectivity index (χ1n) is 29.4. The summed E-state index contributed by atoms with van der Waals surface area (Å²) in [4.78, 5) is 38.2. The minimum absolute atomic E-state index is 0.0951. The molecule has 0 amide bonds. The van der Waals surface area contributed by atoms with Crippen molar-refractivity contribution < 1.29 is 28.6 Å². The molecule has 0 aliphatic rings. The Morgan fingerprint density at radius 1 is 0.296 bits per heavy atom. The van der Waals surface area contributed by atoms with Crippen molar-refractivity contribution in [2.75, 3.05) is 13.2 Å². The summed E-state index contributed by atoms with van der Waals surface area (Å²) in [6.07, 6.45) is 79.3. The van der Waals surface area contributed by atoms with Gasteiger partial charge < -0.3 is 14.2 Å². The molecule has 1 unspecified atom stereocenters. The van der Waals surface area contributed by atoms with Crippen LogP contribution < -0.4 is 0 Å². The monoisotopic (exact) mass is 985 g/mol. The van der Waals surface area contributed by atoms with Crippen LogP contribution in [0.25, 0.3) is 0 Å². The maximum Gasteiger partial charge on any atom is 0.306 e. The van der Waals surface area contributed by atoms with Gasteiger partial charge in [-0.15, -0.1) is 0 Å². The van der Waals surface area contributed by atoms with E-state index in [1.54, 1.807) is 0 Å². The first-order valence-corrected chi connectivity index (χ1v) is 29.4. The molecule has 0 rings (SSSR count). The van der Waals surface area contributed by atoms with Crippen molar-refractivity contribution in [3.63, 3.8) is 0 Å². The minimum atomic E-state index is -0.799. The lowest BCUT2D eigenvalue weighted by Gasteiger charge is -2.18. The number of carbonyl (C=O) groups is 3. The number of hydrogen-bond donors (Lipinski definition) is 0. The van der Waals surface area contributed by atoms with Gasteiger partial charge >= 0.3 is 17.9 Å². The van der Waals surface area contributed by atoms with Crippen LogP contribution in [-0.2, 0) is 28.6 Å². The van der Waals surface area contributed by atoms with E-state index in [1.165, 1.54) is 96.3 Å². The summed E-state index contributed by atoms with van der Waals surface area (Å²) >= 11 is 0. The molecule has 1 atom stereocenters. The molecule has 6 heteroatoms. The van der Waals surface area contributed by atoms with Crippen molar-refractivity contribution in [1.29, 1.82) is 0 Å². The standard InChI is InChI=1S/C65H108O6/c1-4-7-10-13-16-19-22-25-27-29-30-31-32-33-34-36-37-40-43-46-49-52-55-58-64(67)70-61-62(60-69-63(66)57-54-51-48-45-42-39-24-21-18-15-12-9-6-3)71-65(68)59-56-53-50-47-44-41-38-35-28-26-23-20-17-14-11-8-5-2/h7,10,16-17,19-21,24-28,30-31,33-34,37,40,62H,4-6,8-9,11-15,18,22-23,29,32,35-36,38-39,41-61H2,1-3H3/b10-7-,19-16-,20-17-,24-21-,27-25-,28-26-,31-30-,34-33-,40-37-. The average Bonchev–Trinajstić information content (AvgIpc) is 3.37. The molecule has 0 fully saturated rings. The highest BCUT2D eigenvalue weighted by Gasteiger charge is 2.19. The second kappa shape index (κ2) is 58.6. The maximum atomic E-state index is 12.9. The Balaban J connectivity index is 4.44. The summed E-state index contributed by atoms with van der Waals surface area (Å²) in [5.41, 5.74) is 0. The highest BCUT2D eigenvalue weighted by atomic mass is 16.6. The minimum Gasteiger partial charge on any atom is -0.462 e. The quantitative estimate of drug-likeness (QED) is 0.0261. The third-order valence-corrected chi connectivity index (χ3v) is 12.2. The van der Waals surface area contributed by atoms with E-state index < -0.39 is 6.10 Å².